The number of benzene rings is 3. The predicted octanol–water partition coefficient (Wildman–Crippen LogP) is 4.86. The standard InChI is InChI=1S/C24H20ClNO3/c1-23(2)19-10-6-7-11-20(19)29-22(28)24(23,17-12-14-18(25)15-13-17)26-21(27)16-8-4-3-5-9-16/h3-15H,1-2H3,(H,26,27)/t24-/m1/s1. The van der Waals surface area contributed by atoms with Crippen LogP contribution in [0, 0.1) is 0 Å². The molecule has 0 spiro atoms. The van der Waals surface area contributed by atoms with E-state index in [1.54, 1.807) is 54.6 Å². The first-order chi connectivity index (χ1) is 13.9. The molecule has 4 rings (SSSR count). The Morgan fingerprint density at radius 1 is 0.897 bits per heavy atom. The van der Waals surface area contributed by atoms with Gasteiger partial charge in [-0.25, -0.2) is 4.79 Å². The summed E-state index contributed by atoms with van der Waals surface area (Å²) in [7, 11) is 0. The molecule has 146 valence electrons. The van der Waals surface area contributed by atoms with Crippen LogP contribution in [-0.2, 0) is 15.7 Å². The van der Waals surface area contributed by atoms with Gasteiger partial charge < -0.3 is 10.1 Å². The van der Waals surface area contributed by atoms with E-state index in [9.17, 15) is 9.59 Å². The molecule has 1 heterocycles. The van der Waals surface area contributed by atoms with Gasteiger partial charge in [-0.05, 0) is 35.9 Å². The van der Waals surface area contributed by atoms with Gasteiger partial charge in [-0.2, -0.15) is 0 Å². The lowest BCUT2D eigenvalue weighted by Gasteiger charge is -2.48. The summed E-state index contributed by atoms with van der Waals surface area (Å²) in [6.07, 6.45) is 0. The molecule has 1 N–H and O–H groups in total. The first-order valence-electron chi connectivity index (χ1n) is 9.31. The lowest BCUT2D eigenvalue weighted by Crippen LogP contribution is -2.65. The summed E-state index contributed by atoms with van der Waals surface area (Å²) in [4.78, 5) is 26.6. The highest BCUT2D eigenvalue weighted by atomic mass is 35.5. The highest BCUT2D eigenvalue weighted by molar-refractivity contribution is 6.30. The number of esters is 1. The van der Waals surface area contributed by atoms with Crippen LogP contribution in [-0.4, -0.2) is 11.9 Å². The molecular formula is C24H20ClNO3. The van der Waals surface area contributed by atoms with Crippen LogP contribution in [0.2, 0.25) is 5.02 Å². The first kappa shape index (κ1) is 19.2. The van der Waals surface area contributed by atoms with Crippen molar-refractivity contribution in [3.8, 4) is 5.75 Å². The van der Waals surface area contributed by atoms with E-state index in [0.717, 1.165) is 5.56 Å². The van der Waals surface area contributed by atoms with Gasteiger partial charge in [0.1, 0.15) is 5.75 Å². The van der Waals surface area contributed by atoms with Crippen molar-refractivity contribution < 1.29 is 14.3 Å². The zero-order chi connectivity index (χ0) is 20.6. The normalized spacial score (nSPS) is 19.8. The number of para-hydroxylation sites is 1. The van der Waals surface area contributed by atoms with Gasteiger partial charge in [0.2, 0.25) is 0 Å². The Labute approximate surface area is 174 Å². The van der Waals surface area contributed by atoms with E-state index >= 15 is 0 Å². The average molecular weight is 406 g/mol. The molecule has 0 saturated heterocycles. The summed E-state index contributed by atoms with van der Waals surface area (Å²) in [5.74, 6) is -0.390. The fourth-order valence-corrected chi connectivity index (χ4v) is 4.12. The van der Waals surface area contributed by atoms with Gasteiger partial charge in [0.25, 0.3) is 5.91 Å². The summed E-state index contributed by atoms with van der Waals surface area (Å²) < 4.78 is 5.72. The molecule has 1 amide bonds. The molecule has 0 aromatic heterocycles. The number of carbonyl (C=O) groups is 2. The van der Waals surface area contributed by atoms with Crippen LogP contribution in [0.4, 0.5) is 0 Å². The molecule has 0 aliphatic carbocycles. The Morgan fingerprint density at radius 3 is 2.21 bits per heavy atom. The highest BCUT2D eigenvalue weighted by Gasteiger charge is 2.59. The molecule has 1 aliphatic heterocycles. The first-order valence-corrected chi connectivity index (χ1v) is 9.69. The molecular weight excluding hydrogens is 386 g/mol. The average Bonchev–Trinajstić information content (AvgIpc) is 2.72. The van der Waals surface area contributed by atoms with Crippen LogP contribution in [0.1, 0.15) is 35.3 Å². The van der Waals surface area contributed by atoms with Crippen LogP contribution in [0.15, 0.2) is 78.9 Å². The predicted molar refractivity (Wildman–Crippen MR) is 112 cm³/mol. The van der Waals surface area contributed by atoms with E-state index in [0.29, 0.717) is 21.9 Å². The van der Waals surface area contributed by atoms with E-state index in [4.69, 9.17) is 16.3 Å². The minimum absolute atomic E-state index is 0.357. The minimum Gasteiger partial charge on any atom is -0.424 e. The van der Waals surface area contributed by atoms with Crippen LogP contribution >= 0.6 is 11.6 Å². The monoisotopic (exact) mass is 405 g/mol. The smallest absolute Gasteiger partial charge is 0.342 e. The summed E-state index contributed by atoms with van der Waals surface area (Å²) in [6.45, 7) is 3.87. The second kappa shape index (κ2) is 7.05. The molecule has 1 atom stereocenters. The number of fused-ring (bicyclic) bond motifs is 1. The van der Waals surface area contributed by atoms with Gasteiger partial charge >= 0.3 is 5.97 Å². The Bertz CT molecular complexity index is 1080. The number of hydrogen-bond acceptors (Lipinski definition) is 3. The molecule has 4 nitrogen and oxygen atoms in total. The number of hydrogen-bond donors (Lipinski definition) is 1. The minimum atomic E-state index is -1.43. The zero-order valence-corrected chi connectivity index (χ0v) is 16.9. The molecule has 5 heteroatoms. The number of nitrogens with one attached hydrogen (secondary N) is 1. The number of amides is 1. The molecule has 3 aromatic rings. The molecule has 0 bridgehead atoms. The van der Waals surface area contributed by atoms with Gasteiger partial charge in [-0.15, -0.1) is 0 Å². The maximum Gasteiger partial charge on any atom is 0.342 e. The van der Waals surface area contributed by atoms with Crippen molar-refractivity contribution in [2.24, 2.45) is 0 Å². The van der Waals surface area contributed by atoms with Crippen LogP contribution in [0.5, 0.6) is 5.75 Å². The third kappa shape index (κ3) is 3.00. The summed E-state index contributed by atoms with van der Waals surface area (Å²) in [6, 6.07) is 23.1. The van der Waals surface area contributed by atoms with Crippen molar-refractivity contribution >= 4 is 23.5 Å². The Balaban J connectivity index is 1.92. The third-order valence-electron chi connectivity index (χ3n) is 5.62. The van der Waals surface area contributed by atoms with Crippen molar-refractivity contribution in [1.29, 1.82) is 0 Å². The second-order valence-electron chi connectivity index (χ2n) is 7.59. The number of halogens is 1. The summed E-state index contributed by atoms with van der Waals surface area (Å²) in [5.41, 5.74) is -0.322. The van der Waals surface area contributed by atoms with Gasteiger partial charge in [0, 0.05) is 21.6 Å². The molecule has 0 radical (unpaired) electrons. The summed E-state index contributed by atoms with van der Waals surface area (Å²) in [5, 5.41) is 3.55. The SMILES string of the molecule is CC1(C)c2ccccc2OC(=O)[C@]1(NC(=O)c1ccccc1)c1ccc(Cl)cc1. The van der Waals surface area contributed by atoms with Gasteiger partial charge in [-0.1, -0.05) is 74.0 Å². The number of carbonyl (C=O) groups excluding carboxylic acids is 2. The Hall–Kier alpha value is -3.11. The number of rotatable bonds is 3. The molecule has 1 aliphatic rings. The van der Waals surface area contributed by atoms with Crippen molar-refractivity contribution in [2.45, 2.75) is 24.8 Å². The number of ether oxygens (including phenoxy) is 1. The molecule has 3 aromatic carbocycles. The lowest BCUT2D eigenvalue weighted by molar-refractivity contribution is -0.147. The molecule has 0 unspecified atom stereocenters. The lowest BCUT2D eigenvalue weighted by atomic mass is 9.62. The van der Waals surface area contributed by atoms with Crippen LogP contribution in [0.25, 0.3) is 0 Å². The maximum absolute atomic E-state index is 13.5. The fraction of sp³-hybridized carbons (Fsp3) is 0.167. The zero-order valence-electron chi connectivity index (χ0n) is 16.1. The van der Waals surface area contributed by atoms with Crippen LogP contribution < -0.4 is 10.1 Å². The molecule has 29 heavy (non-hydrogen) atoms. The van der Waals surface area contributed by atoms with E-state index in [1.165, 1.54) is 0 Å². The van der Waals surface area contributed by atoms with Gasteiger partial charge in [-0.3, -0.25) is 4.79 Å². The largest absolute Gasteiger partial charge is 0.424 e. The second-order valence-corrected chi connectivity index (χ2v) is 8.02. The fourth-order valence-electron chi connectivity index (χ4n) is 4.00. The topological polar surface area (TPSA) is 55.4 Å². The maximum atomic E-state index is 13.5. The summed E-state index contributed by atoms with van der Waals surface area (Å²) >= 11 is 6.08. The third-order valence-corrected chi connectivity index (χ3v) is 5.87. The van der Waals surface area contributed by atoms with E-state index in [-0.39, 0.29) is 5.91 Å². The van der Waals surface area contributed by atoms with Crippen molar-refractivity contribution in [2.75, 3.05) is 0 Å². The Kier molecular flexibility index (Phi) is 4.67. The molecule has 0 fully saturated rings. The Morgan fingerprint density at radius 2 is 1.52 bits per heavy atom. The van der Waals surface area contributed by atoms with Crippen LogP contribution in [0.3, 0.4) is 0 Å². The van der Waals surface area contributed by atoms with Crippen molar-refractivity contribution in [3.05, 3.63) is 101 Å². The quantitative estimate of drug-likeness (QED) is 0.500. The molecule has 0 saturated carbocycles. The van der Waals surface area contributed by atoms with Crippen molar-refractivity contribution in [3.63, 3.8) is 0 Å². The van der Waals surface area contributed by atoms with Crippen molar-refractivity contribution in [1.82, 2.24) is 5.32 Å². The van der Waals surface area contributed by atoms with Gasteiger partial charge in [0.05, 0.1) is 0 Å². The van der Waals surface area contributed by atoms with Gasteiger partial charge in [0.15, 0.2) is 5.54 Å². The van der Waals surface area contributed by atoms with E-state index in [1.807, 2.05) is 38.1 Å². The van der Waals surface area contributed by atoms with E-state index < -0.39 is 16.9 Å². The van der Waals surface area contributed by atoms with E-state index in [2.05, 4.69) is 5.32 Å². The highest BCUT2D eigenvalue weighted by Crippen LogP contribution is 2.50.